The minimum atomic E-state index is -0.695. The Hall–Kier alpha value is -1.92. The third-order valence-corrected chi connectivity index (χ3v) is 10.4. The summed E-state index contributed by atoms with van der Waals surface area (Å²) >= 11 is 0. The van der Waals surface area contributed by atoms with E-state index in [1.165, 1.54) is 116 Å². The van der Waals surface area contributed by atoms with E-state index < -0.39 is 12.1 Å². The van der Waals surface area contributed by atoms with Gasteiger partial charge in [-0.3, -0.25) is 9.59 Å². The summed E-state index contributed by atoms with van der Waals surface area (Å²) in [5, 5.41) is 23.1. The highest BCUT2D eigenvalue weighted by Crippen LogP contribution is 2.15. The molecule has 6 nitrogen and oxygen atoms in total. The molecular formula is C48H89NO5. The molecule has 1 amide bonds. The first-order valence-corrected chi connectivity index (χ1v) is 23.2. The number of hydrogen-bond acceptors (Lipinski definition) is 5. The van der Waals surface area contributed by atoms with Crippen LogP contribution in [-0.2, 0) is 14.3 Å². The quantitative estimate of drug-likeness (QED) is 0.0327. The van der Waals surface area contributed by atoms with Crippen molar-refractivity contribution in [2.24, 2.45) is 0 Å². The zero-order chi connectivity index (χ0) is 39.4. The monoisotopic (exact) mass is 760 g/mol. The Balaban J connectivity index is 3.58. The Bertz CT molecular complexity index is 884. The summed E-state index contributed by atoms with van der Waals surface area (Å²) in [5.74, 6) is -0.149. The van der Waals surface area contributed by atoms with E-state index in [1.54, 1.807) is 0 Å². The van der Waals surface area contributed by atoms with Crippen molar-refractivity contribution in [3.8, 4) is 0 Å². The molecule has 0 saturated heterocycles. The third-order valence-electron chi connectivity index (χ3n) is 10.4. The van der Waals surface area contributed by atoms with E-state index in [9.17, 15) is 19.8 Å². The number of ether oxygens (including phenoxy) is 1. The molecule has 6 heteroatoms. The van der Waals surface area contributed by atoms with Crippen LogP contribution in [0.15, 0.2) is 36.5 Å². The van der Waals surface area contributed by atoms with Gasteiger partial charge in [0.15, 0.2) is 0 Å². The fourth-order valence-corrected chi connectivity index (χ4v) is 6.77. The van der Waals surface area contributed by atoms with Crippen LogP contribution >= 0.6 is 0 Å². The van der Waals surface area contributed by atoms with Crippen molar-refractivity contribution in [3.05, 3.63) is 36.5 Å². The smallest absolute Gasteiger partial charge is 0.305 e. The maximum absolute atomic E-state index is 12.4. The molecule has 2 atom stereocenters. The van der Waals surface area contributed by atoms with E-state index in [1.807, 2.05) is 0 Å². The molecule has 0 aliphatic carbocycles. The van der Waals surface area contributed by atoms with E-state index in [4.69, 9.17) is 4.74 Å². The molecular weight excluding hydrogens is 671 g/mol. The van der Waals surface area contributed by atoms with Crippen molar-refractivity contribution in [1.82, 2.24) is 5.32 Å². The van der Waals surface area contributed by atoms with Crippen molar-refractivity contribution in [2.75, 3.05) is 13.2 Å². The summed E-state index contributed by atoms with van der Waals surface area (Å²) < 4.78 is 5.42. The molecule has 0 aliphatic heterocycles. The molecule has 0 radical (unpaired) electrons. The van der Waals surface area contributed by atoms with Gasteiger partial charge in [0.25, 0.3) is 0 Å². The van der Waals surface area contributed by atoms with Gasteiger partial charge in [-0.25, -0.2) is 0 Å². The van der Waals surface area contributed by atoms with Crippen molar-refractivity contribution in [3.63, 3.8) is 0 Å². The van der Waals surface area contributed by atoms with Crippen LogP contribution in [0.4, 0.5) is 0 Å². The Morgan fingerprint density at radius 3 is 1.52 bits per heavy atom. The van der Waals surface area contributed by atoms with E-state index in [2.05, 4.69) is 55.6 Å². The number of unbranched alkanes of at least 4 members (excludes halogenated alkanes) is 25. The first-order valence-electron chi connectivity index (χ1n) is 23.2. The van der Waals surface area contributed by atoms with Gasteiger partial charge >= 0.3 is 5.97 Å². The lowest BCUT2D eigenvalue weighted by atomic mass is 10.0. The number of aliphatic hydroxyl groups is 2. The number of carbonyl (C=O) groups excluding carboxylic acids is 2. The molecule has 0 fully saturated rings. The molecule has 54 heavy (non-hydrogen) atoms. The predicted molar refractivity (Wildman–Crippen MR) is 232 cm³/mol. The SMILES string of the molecule is CCCC/C=C\C/C=C\CCCCCCCC(=O)OCCCCCC/C=C\CCCC(=O)NC(CO)C(O)CCCCCCCCCCCCCCCC. The lowest BCUT2D eigenvalue weighted by molar-refractivity contribution is -0.143. The number of esters is 1. The first-order chi connectivity index (χ1) is 26.5. The summed E-state index contributed by atoms with van der Waals surface area (Å²) in [6.07, 6.45) is 51.0. The van der Waals surface area contributed by atoms with Crippen LogP contribution in [-0.4, -0.2) is 47.4 Å². The molecule has 2 unspecified atom stereocenters. The maximum atomic E-state index is 12.4. The topological polar surface area (TPSA) is 95.9 Å². The fraction of sp³-hybridized carbons (Fsp3) is 0.833. The second kappa shape index (κ2) is 43.8. The zero-order valence-corrected chi connectivity index (χ0v) is 35.7. The van der Waals surface area contributed by atoms with Crippen LogP contribution in [0, 0.1) is 0 Å². The van der Waals surface area contributed by atoms with Gasteiger partial charge in [-0.15, -0.1) is 0 Å². The highest BCUT2D eigenvalue weighted by atomic mass is 16.5. The molecule has 0 bridgehead atoms. The summed E-state index contributed by atoms with van der Waals surface area (Å²) in [7, 11) is 0. The van der Waals surface area contributed by atoms with Crippen LogP contribution < -0.4 is 5.32 Å². The van der Waals surface area contributed by atoms with Gasteiger partial charge in [-0.1, -0.05) is 185 Å². The standard InChI is InChI=1S/C48H89NO5/c1-3-5-7-9-11-13-15-17-19-21-24-28-32-36-40-46(51)45(44-50)49-47(52)41-37-33-29-25-23-27-31-35-39-43-54-48(53)42-38-34-30-26-22-20-18-16-14-12-10-8-6-4-2/h10,12,16,18,25,29,45-46,50-51H,3-9,11,13-15,17,19-24,26-28,30-44H2,1-2H3,(H,49,52)/b12-10-,18-16-,29-25-. The average Bonchev–Trinajstić information content (AvgIpc) is 3.17. The van der Waals surface area contributed by atoms with Gasteiger partial charge in [0, 0.05) is 12.8 Å². The molecule has 0 aromatic rings. The van der Waals surface area contributed by atoms with Crippen LogP contribution in [0.2, 0.25) is 0 Å². The van der Waals surface area contributed by atoms with Gasteiger partial charge in [0.2, 0.25) is 5.91 Å². The van der Waals surface area contributed by atoms with E-state index in [-0.39, 0.29) is 18.5 Å². The van der Waals surface area contributed by atoms with Crippen molar-refractivity contribution in [1.29, 1.82) is 0 Å². The number of aliphatic hydroxyl groups excluding tert-OH is 2. The molecule has 3 N–H and O–H groups in total. The molecule has 0 saturated carbocycles. The number of amides is 1. The molecule has 0 heterocycles. The summed E-state index contributed by atoms with van der Waals surface area (Å²) in [6.45, 7) is 4.80. The molecule has 0 aromatic carbocycles. The molecule has 316 valence electrons. The van der Waals surface area contributed by atoms with Crippen LogP contribution in [0.3, 0.4) is 0 Å². The highest BCUT2D eigenvalue weighted by molar-refractivity contribution is 5.76. The van der Waals surface area contributed by atoms with E-state index >= 15 is 0 Å². The normalized spacial score (nSPS) is 13.0. The number of carbonyl (C=O) groups is 2. The summed E-state index contributed by atoms with van der Waals surface area (Å²) in [4.78, 5) is 24.4. The van der Waals surface area contributed by atoms with Gasteiger partial charge in [-0.2, -0.15) is 0 Å². The molecule has 0 aliphatic rings. The lowest BCUT2D eigenvalue weighted by Gasteiger charge is -2.22. The summed E-state index contributed by atoms with van der Waals surface area (Å²) in [6, 6.07) is -0.579. The molecule has 0 aromatic heterocycles. The van der Waals surface area contributed by atoms with Crippen LogP contribution in [0.25, 0.3) is 0 Å². The minimum absolute atomic E-state index is 0.0511. The van der Waals surface area contributed by atoms with Crippen LogP contribution in [0.1, 0.15) is 232 Å². The number of hydrogen-bond donors (Lipinski definition) is 3. The van der Waals surface area contributed by atoms with Gasteiger partial charge < -0.3 is 20.3 Å². The van der Waals surface area contributed by atoms with Crippen LogP contribution in [0.5, 0.6) is 0 Å². The largest absolute Gasteiger partial charge is 0.466 e. The van der Waals surface area contributed by atoms with Crippen molar-refractivity contribution in [2.45, 2.75) is 244 Å². The van der Waals surface area contributed by atoms with E-state index in [0.29, 0.717) is 25.9 Å². The van der Waals surface area contributed by atoms with Gasteiger partial charge in [-0.05, 0) is 70.6 Å². The second-order valence-electron chi connectivity index (χ2n) is 15.7. The minimum Gasteiger partial charge on any atom is -0.466 e. The first kappa shape index (κ1) is 52.1. The predicted octanol–water partition coefficient (Wildman–Crippen LogP) is 13.3. The lowest BCUT2D eigenvalue weighted by Crippen LogP contribution is -2.45. The van der Waals surface area contributed by atoms with Gasteiger partial charge in [0.05, 0.1) is 25.4 Å². The molecule has 0 rings (SSSR count). The fourth-order valence-electron chi connectivity index (χ4n) is 6.77. The Labute approximate surface area is 334 Å². The Kier molecular flexibility index (Phi) is 42.2. The van der Waals surface area contributed by atoms with Crippen molar-refractivity contribution < 1.29 is 24.5 Å². The van der Waals surface area contributed by atoms with E-state index in [0.717, 1.165) is 83.5 Å². The zero-order valence-electron chi connectivity index (χ0n) is 35.7. The highest BCUT2D eigenvalue weighted by Gasteiger charge is 2.19. The maximum Gasteiger partial charge on any atom is 0.305 e. The molecule has 0 spiro atoms. The van der Waals surface area contributed by atoms with Crippen molar-refractivity contribution >= 4 is 11.9 Å². The number of nitrogens with one attached hydrogen (secondary N) is 1. The average molecular weight is 760 g/mol. The number of rotatable bonds is 42. The third kappa shape index (κ3) is 39.8. The Morgan fingerprint density at radius 2 is 0.963 bits per heavy atom. The Morgan fingerprint density at radius 1 is 0.519 bits per heavy atom. The van der Waals surface area contributed by atoms with Gasteiger partial charge in [0.1, 0.15) is 0 Å². The number of allylic oxidation sites excluding steroid dienone is 6. The summed E-state index contributed by atoms with van der Waals surface area (Å²) in [5.41, 5.74) is 0. The second-order valence-corrected chi connectivity index (χ2v) is 15.7.